The van der Waals surface area contributed by atoms with Crippen molar-refractivity contribution in [3.8, 4) is 0 Å². The number of hydrogen-bond acceptors (Lipinski definition) is 3. The summed E-state index contributed by atoms with van der Waals surface area (Å²) >= 11 is 3.36. The Hall–Kier alpha value is -2.66. The molecule has 0 saturated carbocycles. The molecule has 0 aromatic heterocycles. The van der Waals surface area contributed by atoms with Gasteiger partial charge in [0, 0.05) is 10.0 Å². The summed E-state index contributed by atoms with van der Waals surface area (Å²) < 4.78 is 5.73. The van der Waals surface area contributed by atoms with Crippen LogP contribution in [-0.2, 0) is 9.53 Å². The van der Waals surface area contributed by atoms with Crippen LogP contribution in [0.25, 0.3) is 10.8 Å². The molecule has 0 aliphatic carbocycles. The van der Waals surface area contributed by atoms with Crippen molar-refractivity contribution in [2.45, 2.75) is 6.04 Å². The second-order valence-corrected chi connectivity index (χ2v) is 6.46. The van der Waals surface area contributed by atoms with Crippen molar-refractivity contribution in [2.75, 3.05) is 7.11 Å². The molecule has 3 rings (SSSR count). The molecular weight excluding hydrogens is 382 g/mol. The molecule has 0 bridgehead atoms. The van der Waals surface area contributed by atoms with Gasteiger partial charge in [0.05, 0.1) is 7.11 Å². The normalized spacial score (nSPS) is 11.8. The maximum absolute atomic E-state index is 12.6. The summed E-state index contributed by atoms with van der Waals surface area (Å²) in [5.74, 6) is -0.847. The third-order valence-corrected chi connectivity index (χ3v) is 4.46. The summed E-state index contributed by atoms with van der Waals surface area (Å²) in [6, 6.07) is 19.5. The number of esters is 1. The zero-order valence-electron chi connectivity index (χ0n) is 13.5. The predicted molar refractivity (Wildman–Crippen MR) is 100 cm³/mol. The third-order valence-electron chi connectivity index (χ3n) is 3.93. The van der Waals surface area contributed by atoms with E-state index in [0.717, 1.165) is 15.2 Å². The average molecular weight is 398 g/mol. The van der Waals surface area contributed by atoms with Gasteiger partial charge < -0.3 is 10.1 Å². The molecule has 25 heavy (non-hydrogen) atoms. The third kappa shape index (κ3) is 3.88. The lowest BCUT2D eigenvalue weighted by molar-refractivity contribution is -0.143. The molecule has 3 aromatic rings. The van der Waals surface area contributed by atoms with Crippen LogP contribution in [0.1, 0.15) is 22.0 Å². The number of fused-ring (bicyclic) bond motifs is 1. The topological polar surface area (TPSA) is 55.4 Å². The molecule has 3 aromatic carbocycles. The Morgan fingerprint density at radius 2 is 1.64 bits per heavy atom. The molecule has 0 heterocycles. The Kier molecular flexibility index (Phi) is 5.14. The van der Waals surface area contributed by atoms with E-state index in [2.05, 4.69) is 21.2 Å². The number of rotatable bonds is 4. The van der Waals surface area contributed by atoms with E-state index in [1.807, 2.05) is 42.5 Å². The van der Waals surface area contributed by atoms with E-state index in [9.17, 15) is 9.59 Å². The number of benzene rings is 3. The maximum Gasteiger partial charge on any atom is 0.333 e. The van der Waals surface area contributed by atoms with Gasteiger partial charge in [-0.15, -0.1) is 0 Å². The van der Waals surface area contributed by atoms with Crippen LogP contribution in [0.5, 0.6) is 0 Å². The first kappa shape index (κ1) is 17.2. The van der Waals surface area contributed by atoms with Crippen LogP contribution >= 0.6 is 15.9 Å². The van der Waals surface area contributed by atoms with Crippen LogP contribution in [0.3, 0.4) is 0 Å². The minimum absolute atomic E-state index is 0.330. The van der Waals surface area contributed by atoms with E-state index in [1.54, 1.807) is 24.3 Å². The first-order chi connectivity index (χ1) is 12.1. The average Bonchev–Trinajstić information content (AvgIpc) is 2.65. The summed E-state index contributed by atoms with van der Waals surface area (Å²) in [6.07, 6.45) is 0. The summed E-state index contributed by atoms with van der Waals surface area (Å²) in [5, 5.41) is 4.77. The van der Waals surface area contributed by atoms with Crippen molar-refractivity contribution in [2.24, 2.45) is 0 Å². The highest BCUT2D eigenvalue weighted by molar-refractivity contribution is 9.10. The molecule has 4 nitrogen and oxygen atoms in total. The lowest BCUT2D eigenvalue weighted by atomic mass is 10.0. The van der Waals surface area contributed by atoms with E-state index in [4.69, 9.17) is 4.74 Å². The van der Waals surface area contributed by atoms with Crippen molar-refractivity contribution < 1.29 is 14.3 Å². The molecular formula is C20H16BrNO3. The summed E-state index contributed by atoms with van der Waals surface area (Å²) in [7, 11) is 1.30. The minimum Gasteiger partial charge on any atom is -0.467 e. The van der Waals surface area contributed by atoms with Crippen molar-refractivity contribution in [1.29, 1.82) is 0 Å². The molecule has 0 spiro atoms. The van der Waals surface area contributed by atoms with Crippen LogP contribution in [0.4, 0.5) is 0 Å². The van der Waals surface area contributed by atoms with Crippen molar-refractivity contribution in [3.05, 3.63) is 82.3 Å². The SMILES string of the molecule is COC(=O)C(NC(=O)c1ccc2ccccc2c1)c1ccc(Br)cc1. The van der Waals surface area contributed by atoms with Gasteiger partial charge in [0.15, 0.2) is 6.04 Å². The Morgan fingerprint density at radius 3 is 2.32 bits per heavy atom. The van der Waals surface area contributed by atoms with Crippen LogP contribution in [0, 0.1) is 0 Å². The maximum atomic E-state index is 12.6. The number of carbonyl (C=O) groups excluding carboxylic acids is 2. The van der Waals surface area contributed by atoms with Gasteiger partial charge >= 0.3 is 5.97 Å². The Balaban J connectivity index is 1.88. The molecule has 0 radical (unpaired) electrons. The van der Waals surface area contributed by atoms with Gasteiger partial charge in [0.2, 0.25) is 0 Å². The number of methoxy groups -OCH3 is 1. The lowest BCUT2D eigenvalue weighted by Gasteiger charge is -2.17. The van der Waals surface area contributed by atoms with Gasteiger partial charge in [-0.2, -0.15) is 0 Å². The lowest BCUT2D eigenvalue weighted by Crippen LogP contribution is -2.34. The van der Waals surface area contributed by atoms with E-state index >= 15 is 0 Å². The number of halogens is 1. The van der Waals surface area contributed by atoms with Crippen LogP contribution in [0.2, 0.25) is 0 Å². The fraction of sp³-hybridized carbons (Fsp3) is 0.100. The Morgan fingerprint density at radius 1 is 0.960 bits per heavy atom. The fourth-order valence-electron chi connectivity index (χ4n) is 2.60. The van der Waals surface area contributed by atoms with Gasteiger partial charge in [-0.1, -0.05) is 58.4 Å². The van der Waals surface area contributed by atoms with Gasteiger partial charge in [-0.3, -0.25) is 4.79 Å². The molecule has 0 aliphatic rings. The number of amides is 1. The largest absolute Gasteiger partial charge is 0.467 e. The van der Waals surface area contributed by atoms with Gasteiger partial charge in [-0.05, 0) is 40.6 Å². The quantitative estimate of drug-likeness (QED) is 0.669. The number of ether oxygens (including phenoxy) is 1. The molecule has 1 atom stereocenters. The highest BCUT2D eigenvalue weighted by atomic mass is 79.9. The second-order valence-electron chi connectivity index (χ2n) is 5.54. The predicted octanol–water partition coefficient (Wildman–Crippen LogP) is 4.25. The molecule has 0 aliphatic heterocycles. The number of hydrogen-bond donors (Lipinski definition) is 1. The molecule has 5 heteroatoms. The van der Waals surface area contributed by atoms with Gasteiger partial charge in [0.1, 0.15) is 0 Å². The molecule has 0 fully saturated rings. The number of nitrogens with one attached hydrogen (secondary N) is 1. The zero-order valence-corrected chi connectivity index (χ0v) is 15.1. The minimum atomic E-state index is -0.864. The first-order valence-corrected chi connectivity index (χ1v) is 8.51. The van der Waals surface area contributed by atoms with E-state index in [-0.39, 0.29) is 5.91 Å². The monoisotopic (exact) mass is 397 g/mol. The van der Waals surface area contributed by atoms with Crippen molar-refractivity contribution in [3.63, 3.8) is 0 Å². The van der Waals surface area contributed by atoms with Gasteiger partial charge in [0.25, 0.3) is 5.91 Å². The molecule has 1 unspecified atom stereocenters. The summed E-state index contributed by atoms with van der Waals surface area (Å²) in [6.45, 7) is 0. The zero-order chi connectivity index (χ0) is 17.8. The number of carbonyl (C=O) groups is 2. The van der Waals surface area contributed by atoms with E-state index < -0.39 is 12.0 Å². The van der Waals surface area contributed by atoms with Crippen molar-refractivity contribution in [1.82, 2.24) is 5.32 Å². The highest BCUT2D eigenvalue weighted by Gasteiger charge is 2.24. The van der Waals surface area contributed by atoms with Crippen molar-refractivity contribution >= 4 is 38.6 Å². The molecule has 0 saturated heterocycles. The highest BCUT2D eigenvalue weighted by Crippen LogP contribution is 2.20. The smallest absolute Gasteiger partial charge is 0.333 e. The van der Waals surface area contributed by atoms with Crippen LogP contribution in [-0.4, -0.2) is 19.0 Å². The molecule has 1 N–H and O–H groups in total. The standard InChI is InChI=1S/C20H16BrNO3/c1-25-20(24)18(14-8-10-17(21)11-9-14)22-19(23)16-7-6-13-4-2-3-5-15(13)12-16/h2-12,18H,1H3,(H,22,23). The fourth-order valence-corrected chi connectivity index (χ4v) is 2.86. The Bertz CT molecular complexity index is 922. The second kappa shape index (κ2) is 7.49. The van der Waals surface area contributed by atoms with Crippen LogP contribution < -0.4 is 5.32 Å². The van der Waals surface area contributed by atoms with E-state index in [1.165, 1.54) is 7.11 Å². The summed E-state index contributed by atoms with van der Waals surface area (Å²) in [5.41, 5.74) is 1.15. The van der Waals surface area contributed by atoms with Crippen LogP contribution in [0.15, 0.2) is 71.2 Å². The molecule has 1 amide bonds. The summed E-state index contributed by atoms with van der Waals surface area (Å²) in [4.78, 5) is 24.8. The molecule has 126 valence electrons. The Labute approximate surface area is 153 Å². The van der Waals surface area contributed by atoms with Gasteiger partial charge in [-0.25, -0.2) is 4.79 Å². The first-order valence-electron chi connectivity index (χ1n) is 7.71. The van der Waals surface area contributed by atoms with E-state index in [0.29, 0.717) is 11.1 Å².